The molecule has 0 aliphatic rings. The van der Waals surface area contributed by atoms with E-state index >= 15 is 0 Å². The summed E-state index contributed by atoms with van der Waals surface area (Å²) in [6, 6.07) is 16.5. The number of thiophene rings is 2. The minimum atomic E-state index is -0.558. The predicted octanol–water partition coefficient (Wildman–Crippen LogP) is 4.74. The minimum absolute atomic E-state index is 0.0874. The summed E-state index contributed by atoms with van der Waals surface area (Å²) < 4.78 is 5.38. The molecular formula is C24H20N2O4S2. The van der Waals surface area contributed by atoms with Gasteiger partial charge in [0.2, 0.25) is 11.7 Å². The van der Waals surface area contributed by atoms with E-state index in [0.29, 0.717) is 40.0 Å². The molecule has 162 valence electrons. The van der Waals surface area contributed by atoms with Crippen molar-refractivity contribution in [3.05, 3.63) is 75.3 Å². The predicted molar refractivity (Wildman–Crippen MR) is 126 cm³/mol. The van der Waals surface area contributed by atoms with Crippen LogP contribution in [0.2, 0.25) is 0 Å². The highest BCUT2D eigenvalue weighted by Crippen LogP contribution is 2.28. The number of esters is 1. The molecule has 8 heteroatoms. The molecule has 0 atom stereocenters. The number of nitrogens with zero attached hydrogens (tertiary/aromatic N) is 1. The van der Waals surface area contributed by atoms with Gasteiger partial charge in [0.1, 0.15) is 0 Å². The Morgan fingerprint density at radius 3 is 2.69 bits per heavy atom. The number of ether oxygens (including phenoxy) is 1. The number of ketones is 1. The fourth-order valence-corrected chi connectivity index (χ4v) is 4.82. The third-order valence-corrected chi connectivity index (χ3v) is 6.80. The number of fused-ring (bicyclic) bond motifs is 1. The number of para-hydroxylation sites is 1. The van der Waals surface area contributed by atoms with Crippen molar-refractivity contribution >= 4 is 51.2 Å². The number of nitrogens with one attached hydrogen (secondary N) is 1. The lowest BCUT2D eigenvalue weighted by molar-refractivity contribution is -0.118. The number of carbonyl (C=O) groups is 3. The van der Waals surface area contributed by atoms with Crippen molar-refractivity contribution in [2.45, 2.75) is 13.3 Å². The normalized spacial score (nSPS) is 10.8. The molecule has 3 aromatic heterocycles. The van der Waals surface area contributed by atoms with Crippen LogP contribution in [0.15, 0.2) is 60.0 Å². The van der Waals surface area contributed by atoms with Gasteiger partial charge < -0.3 is 10.1 Å². The first-order valence-electron chi connectivity index (χ1n) is 9.98. The van der Waals surface area contributed by atoms with E-state index in [9.17, 15) is 14.4 Å². The van der Waals surface area contributed by atoms with Gasteiger partial charge in [0.05, 0.1) is 26.5 Å². The highest BCUT2D eigenvalue weighted by Gasteiger charge is 2.18. The van der Waals surface area contributed by atoms with Gasteiger partial charge in [-0.2, -0.15) is 0 Å². The zero-order chi connectivity index (χ0) is 22.5. The molecule has 0 aliphatic carbocycles. The summed E-state index contributed by atoms with van der Waals surface area (Å²) in [5, 5.41) is 5.36. The number of benzene rings is 1. The van der Waals surface area contributed by atoms with E-state index in [-0.39, 0.29) is 18.3 Å². The highest BCUT2D eigenvalue weighted by molar-refractivity contribution is 7.14. The van der Waals surface area contributed by atoms with Gasteiger partial charge >= 0.3 is 5.97 Å². The lowest BCUT2D eigenvalue weighted by atomic mass is 10.1. The second-order valence-electron chi connectivity index (χ2n) is 7.05. The van der Waals surface area contributed by atoms with Crippen LogP contribution in [0.5, 0.6) is 0 Å². The summed E-state index contributed by atoms with van der Waals surface area (Å²) in [6.45, 7) is 1.64. The molecule has 4 rings (SSSR count). The number of carbonyl (C=O) groups excluding carboxylic acids is 3. The molecule has 0 bridgehead atoms. The first-order valence-corrected chi connectivity index (χ1v) is 11.7. The Labute approximate surface area is 192 Å². The van der Waals surface area contributed by atoms with Crippen LogP contribution in [-0.4, -0.2) is 35.8 Å². The van der Waals surface area contributed by atoms with Crippen molar-refractivity contribution in [2.75, 3.05) is 13.2 Å². The number of hydrogen-bond acceptors (Lipinski definition) is 7. The van der Waals surface area contributed by atoms with E-state index in [0.717, 1.165) is 9.75 Å². The third-order valence-electron chi connectivity index (χ3n) is 4.73. The summed E-state index contributed by atoms with van der Waals surface area (Å²) in [5.41, 5.74) is 1.77. The molecule has 0 saturated heterocycles. The number of amides is 1. The van der Waals surface area contributed by atoms with E-state index in [1.165, 1.54) is 29.6 Å². The molecule has 0 fully saturated rings. The summed E-state index contributed by atoms with van der Waals surface area (Å²) in [5.74, 6) is -0.904. The quantitative estimate of drug-likeness (QED) is 0.301. The van der Waals surface area contributed by atoms with Gasteiger partial charge in [-0.3, -0.25) is 9.59 Å². The van der Waals surface area contributed by atoms with Gasteiger partial charge in [-0.15, -0.1) is 22.7 Å². The van der Waals surface area contributed by atoms with Crippen LogP contribution in [-0.2, 0) is 16.0 Å². The molecule has 32 heavy (non-hydrogen) atoms. The van der Waals surface area contributed by atoms with E-state index in [1.807, 2.05) is 47.8 Å². The second-order valence-corrected chi connectivity index (χ2v) is 9.16. The summed E-state index contributed by atoms with van der Waals surface area (Å²) in [4.78, 5) is 43.5. The Kier molecular flexibility index (Phi) is 6.72. The molecule has 1 N–H and O–H groups in total. The number of pyridine rings is 1. The highest BCUT2D eigenvalue weighted by atomic mass is 32.1. The number of hydrogen-bond donors (Lipinski definition) is 1. The van der Waals surface area contributed by atoms with E-state index in [4.69, 9.17) is 4.74 Å². The molecule has 3 heterocycles. The Balaban J connectivity index is 1.47. The summed E-state index contributed by atoms with van der Waals surface area (Å²) in [7, 11) is 0. The molecule has 1 amide bonds. The number of Topliss-reactive ketones (excluding diaryl/α,β-unsaturated/α-hetero) is 1. The molecule has 0 spiro atoms. The zero-order valence-electron chi connectivity index (χ0n) is 17.3. The van der Waals surface area contributed by atoms with Crippen molar-refractivity contribution in [3.63, 3.8) is 0 Å². The maximum Gasteiger partial charge on any atom is 0.339 e. The van der Waals surface area contributed by atoms with Gasteiger partial charge in [-0.25, -0.2) is 9.78 Å². The van der Waals surface area contributed by atoms with Gasteiger partial charge in [-0.05, 0) is 42.1 Å². The minimum Gasteiger partial charge on any atom is -0.454 e. The molecule has 0 saturated carbocycles. The monoisotopic (exact) mass is 464 g/mol. The molecular weight excluding hydrogens is 444 g/mol. The third kappa shape index (κ3) is 5.09. The molecule has 6 nitrogen and oxygen atoms in total. The van der Waals surface area contributed by atoms with Crippen molar-refractivity contribution in [3.8, 4) is 10.6 Å². The zero-order valence-corrected chi connectivity index (χ0v) is 18.9. The first kappa shape index (κ1) is 21.9. The van der Waals surface area contributed by atoms with Gasteiger partial charge in [-0.1, -0.05) is 24.3 Å². The average Bonchev–Trinajstić information content (AvgIpc) is 3.49. The van der Waals surface area contributed by atoms with Crippen LogP contribution in [0.3, 0.4) is 0 Å². The lowest BCUT2D eigenvalue weighted by Gasteiger charge is -2.09. The average molecular weight is 465 g/mol. The van der Waals surface area contributed by atoms with Crippen LogP contribution < -0.4 is 5.32 Å². The molecule has 4 aromatic rings. The molecule has 0 aliphatic heterocycles. The summed E-state index contributed by atoms with van der Waals surface area (Å²) in [6.07, 6.45) is 0.645. The fourth-order valence-electron chi connectivity index (χ4n) is 3.20. The number of aromatic nitrogens is 1. The fraction of sp³-hybridized carbons (Fsp3) is 0.167. The molecule has 0 unspecified atom stereocenters. The SMILES string of the molecule is CC(=O)NCCc1ccc(C(=O)COC(=O)c2cc(-c3cccs3)nc3ccccc23)s1. The maximum absolute atomic E-state index is 12.9. The standard InChI is InChI=1S/C24H20N2O4S2/c1-15(27)25-11-10-16-8-9-23(32-16)21(28)14-30-24(29)18-13-20(22-7-4-12-31-22)26-19-6-3-2-5-17(18)19/h2-9,12-13H,10-11,14H2,1H3,(H,25,27). The Bertz CT molecular complexity index is 1280. The van der Waals surface area contributed by atoms with E-state index in [2.05, 4.69) is 10.3 Å². The summed E-state index contributed by atoms with van der Waals surface area (Å²) >= 11 is 2.88. The van der Waals surface area contributed by atoms with E-state index < -0.39 is 5.97 Å². The Morgan fingerprint density at radius 2 is 1.91 bits per heavy atom. The smallest absolute Gasteiger partial charge is 0.339 e. The van der Waals surface area contributed by atoms with Crippen LogP contribution >= 0.6 is 22.7 Å². The van der Waals surface area contributed by atoms with Crippen molar-refractivity contribution in [1.29, 1.82) is 0 Å². The van der Waals surface area contributed by atoms with Crippen LogP contribution in [0, 0.1) is 0 Å². The van der Waals surface area contributed by atoms with Gasteiger partial charge in [0.15, 0.2) is 6.61 Å². The maximum atomic E-state index is 12.9. The van der Waals surface area contributed by atoms with Gasteiger partial charge in [0.25, 0.3) is 0 Å². The van der Waals surface area contributed by atoms with Crippen LogP contribution in [0.1, 0.15) is 31.8 Å². The van der Waals surface area contributed by atoms with Crippen molar-refractivity contribution in [2.24, 2.45) is 0 Å². The van der Waals surface area contributed by atoms with Crippen LogP contribution in [0.4, 0.5) is 0 Å². The van der Waals surface area contributed by atoms with Gasteiger partial charge in [0, 0.05) is 23.7 Å². The largest absolute Gasteiger partial charge is 0.454 e. The van der Waals surface area contributed by atoms with Crippen molar-refractivity contribution < 1.29 is 19.1 Å². The lowest BCUT2D eigenvalue weighted by Crippen LogP contribution is -2.22. The second kappa shape index (κ2) is 9.84. The number of rotatable bonds is 8. The Morgan fingerprint density at radius 1 is 1.06 bits per heavy atom. The topological polar surface area (TPSA) is 85.4 Å². The van der Waals surface area contributed by atoms with E-state index in [1.54, 1.807) is 12.1 Å². The first-order chi connectivity index (χ1) is 15.5. The molecule has 1 aromatic carbocycles. The van der Waals surface area contributed by atoms with Crippen molar-refractivity contribution in [1.82, 2.24) is 10.3 Å². The Hall–Kier alpha value is -3.36. The molecule has 0 radical (unpaired) electrons. The van der Waals surface area contributed by atoms with Crippen LogP contribution in [0.25, 0.3) is 21.5 Å².